The minimum atomic E-state index is -4.85. The maximum absolute atomic E-state index is 12.7. The molecule has 1 N–H and O–H groups in total. The number of H-pyrrole nitrogens is 1. The Kier molecular flexibility index (Phi) is 5.79. The second kappa shape index (κ2) is 8.54. The van der Waals surface area contributed by atoms with E-state index in [-0.39, 0.29) is 34.6 Å². The number of hydrogen-bond acceptors (Lipinski definition) is 5. The standard InChI is InChI=1S/C21H16ClF3N4O3/c1-2-31-13-7-8-15(22)16(10-13)29-19-14(11-26-29)20(30)28-18(27-19)9-12-5-3-4-6-17(12)32-21(23,24)25/h3-8,10-11H,2,9H2,1H3,(H,27,28,30). The highest BCUT2D eigenvalue weighted by atomic mass is 35.5. The summed E-state index contributed by atoms with van der Waals surface area (Å²) in [6.07, 6.45) is -3.60. The molecule has 0 aliphatic heterocycles. The van der Waals surface area contributed by atoms with Crippen molar-refractivity contribution in [3.05, 3.63) is 75.4 Å². The average molecular weight is 465 g/mol. The number of rotatable bonds is 6. The number of benzene rings is 2. The molecule has 0 aliphatic rings. The molecule has 7 nitrogen and oxygen atoms in total. The number of para-hydroxylation sites is 1. The molecule has 0 radical (unpaired) electrons. The Morgan fingerprint density at radius 3 is 2.72 bits per heavy atom. The van der Waals surface area contributed by atoms with Gasteiger partial charge in [0.25, 0.3) is 5.56 Å². The molecule has 4 aromatic rings. The molecule has 11 heteroatoms. The van der Waals surface area contributed by atoms with Crippen LogP contribution in [0.1, 0.15) is 18.3 Å². The first-order chi connectivity index (χ1) is 15.2. The van der Waals surface area contributed by atoms with Gasteiger partial charge in [-0.3, -0.25) is 4.79 Å². The molecule has 0 aliphatic carbocycles. The van der Waals surface area contributed by atoms with E-state index in [0.29, 0.717) is 23.1 Å². The first kappa shape index (κ1) is 21.7. The smallest absolute Gasteiger partial charge is 0.494 e. The molecule has 0 saturated carbocycles. The Labute approximate surface area is 184 Å². The summed E-state index contributed by atoms with van der Waals surface area (Å²) < 4.78 is 49.1. The number of halogens is 4. The van der Waals surface area contributed by atoms with Crippen LogP contribution in [-0.2, 0) is 6.42 Å². The molecule has 32 heavy (non-hydrogen) atoms. The van der Waals surface area contributed by atoms with Crippen LogP contribution < -0.4 is 15.0 Å². The van der Waals surface area contributed by atoms with Gasteiger partial charge in [-0.25, -0.2) is 9.67 Å². The summed E-state index contributed by atoms with van der Waals surface area (Å²) >= 11 is 6.33. The minimum Gasteiger partial charge on any atom is -0.494 e. The Balaban J connectivity index is 1.78. The number of nitrogens with zero attached hydrogens (tertiary/aromatic N) is 3. The summed E-state index contributed by atoms with van der Waals surface area (Å²) in [5, 5.41) is 4.78. The fourth-order valence-corrected chi connectivity index (χ4v) is 3.39. The van der Waals surface area contributed by atoms with E-state index in [2.05, 4.69) is 19.8 Å². The third kappa shape index (κ3) is 4.54. The molecule has 2 aromatic carbocycles. The molecule has 2 aromatic heterocycles. The van der Waals surface area contributed by atoms with Crippen LogP contribution in [0.15, 0.2) is 53.5 Å². The monoisotopic (exact) mass is 464 g/mol. The third-order valence-electron chi connectivity index (χ3n) is 4.50. The largest absolute Gasteiger partial charge is 0.573 e. The van der Waals surface area contributed by atoms with E-state index >= 15 is 0 Å². The first-order valence-electron chi connectivity index (χ1n) is 9.48. The number of fused-ring (bicyclic) bond motifs is 1. The molecule has 2 heterocycles. The maximum atomic E-state index is 12.7. The molecule has 0 unspecified atom stereocenters. The minimum absolute atomic E-state index is 0.102. The summed E-state index contributed by atoms with van der Waals surface area (Å²) in [7, 11) is 0. The van der Waals surface area contributed by atoms with Gasteiger partial charge in [-0.05, 0) is 25.1 Å². The van der Waals surface area contributed by atoms with Gasteiger partial charge in [0, 0.05) is 18.1 Å². The van der Waals surface area contributed by atoms with Gasteiger partial charge in [0.1, 0.15) is 22.7 Å². The number of hydrogen-bond donors (Lipinski definition) is 1. The summed E-state index contributed by atoms with van der Waals surface area (Å²) in [6.45, 7) is 2.29. The van der Waals surface area contributed by atoms with Gasteiger partial charge in [-0.2, -0.15) is 5.10 Å². The van der Waals surface area contributed by atoms with Crippen LogP contribution in [0.3, 0.4) is 0 Å². The van der Waals surface area contributed by atoms with E-state index in [0.717, 1.165) is 0 Å². The molecule has 0 fully saturated rings. The van der Waals surface area contributed by atoms with Gasteiger partial charge in [0.05, 0.1) is 23.5 Å². The Hall–Kier alpha value is -3.53. The van der Waals surface area contributed by atoms with Gasteiger partial charge < -0.3 is 14.5 Å². The topological polar surface area (TPSA) is 82.0 Å². The summed E-state index contributed by atoms with van der Waals surface area (Å²) in [5.41, 5.74) is 0.364. The van der Waals surface area contributed by atoms with Crippen molar-refractivity contribution in [3.63, 3.8) is 0 Å². The summed E-state index contributed by atoms with van der Waals surface area (Å²) in [6, 6.07) is 10.6. The normalized spacial score (nSPS) is 11.7. The van der Waals surface area contributed by atoms with Crippen LogP contribution in [0.25, 0.3) is 16.7 Å². The van der Waals surface area contributed by atoms with Crippen molar-refractivity contribution in [2.75, 3.05) is 6.61 Å². The van der Waals surface area contributed by atoms with E-state index in [1.54, 1.807) is 24.3 Å². The van der Waals surface area contributed by atoms with E-state index in [1.165, 1.54) is 29.1 Å². The molecular formula is C21H16ClF3N4O3. The Morgan fingerprint density at radius 1 is 1.19 bits per heavy atom. The SMILES string of the molecule is CCOc1ccc(Cl)c(-n2ncc3c(=O)[nH]c(Cc4ccccc4OC(F)(F)F)nc32)c1. The second-order valence-electron chi connectivity index (χ2n) is 6.68. The predicted molar refractivity (Wildman–Crippen MR) is 112 cm³/mol. The highest BCUT2D eigenvalue weighted by Gasteiger charge is 2.32. The highest BCUT2D eigenvalue weighted by Crippen LogP contribution is 2.29. The number of aromatic nitrogens is 4. The van der Waals surface area contributed by atoms with E-state index < -0.39 is 11.9 Å². The lowest BCUT2D eigenvalue weighted by atomic mass is 10.1. The summed E-state index contributed by atoms with van der Waals surface area (Å²) in [5.74, 6) is 0.321. The highest BCUT2D eigenvalue weighted by molar-refractivity contribution is 6.32. The molecule has 0 bridgehead atoms. The fraction of sp³-hybridized carbons (Fsp3) is 0.190. The number of nitrogens with one attached hydrogen (secondary N) is 1. The quantitative estimate of drug-likeness (QED) is 0.449. The Bertz CT molecular complexity index is 1330. The summed E-state index contributed by atoms with van der Waals surface area (Å²) in [4.78, 5) is 19.6. The zero-order chi connectivity index (χ0) is 22.9. The van der Waals surface area contributed by atoms with E-state index in [9.17, 15) is 18.0 Å². The van der Waals surface area contributed by atoms with Crippen LogP contribution in [0.4, 0.5) is 13.2 Å². The molecule has 166 valence electrons. The number of aromatic amines is 1. The van der Waals surface area contributed by atoms with Crippen molar-refractivity contribution in [3.8, 4) is 17.2 Å². The zero-order valence-electron chi connectivity index (χ0n) is 16.6. The maximum Gasteiger partial charge on any atom is 0.573 e. The van der Waals surface area contributed by atoms with Crippen molar-refractivity contribution in [2.24, 2.45) is 0 Å². The van der Waals surface area contributed by atoms with Crippen molar-refractivity contribution in [2.45, 2.75) is 19.7 Å². The molecular weight excluding hydrogens is 449 g/mol. The predicted octanol–water partition coefficient (Wildman–Crippen LogP) is 4.65. The van der Waals surface area contributed by atoms with Gasteiger partial charge in [0.15, 0.2) is 5.65 Å². The van der Waals surface area contributed by atoms with Crippen LogP contribution in [0.5, 0.6) is 11.5 Å². The van der Waals surface area contributed by atoms with E-state index in [4.69, 9.17) is 16.3 Å². The lowest BCUT2D eigenvalue weighted by Gasteiger charge is -2.13. The third-order valence-corrected chi connectivity index (χ3v) is 4.82. The molecule has 0 atom stereocenters. The van der Waals surface area contributed by atoms with E-state index in [1.807, 2.05) is 6.92 Å². The van der Waals surface area contributed by atoms with Crippen molar-refractivity contribution in [1.82, 2.24) is 19.7 Å². The van der Waals surface area contributed by atoms with Gasteiger partial charge >= 0.3 is 6.36 Å². The average Bonchev–Trinajstić information content (AvgIpc) is 3.14. The number of alkyl halides is 3. The Morgan fingerprint density at radius 2 is 1.97 bits per heavy atom. The fourth-order valence-electron chi connectivity index (χ4n) is 3.19. The lowest BCUT2D eigenvalue weighted by Crippen LogP contribution is -2.18. The van der Waals surface area contributed by atoms with Crippen molar-refractivity contribution >= 4 is 22.6 Å². The van der Waals surface area contributed by atoms with Crippen LogP contribution in [-0.4, -0.2) is 32.7 Å². The molecule has 0 spiro atoms. The number of ether oxygens (including phenoxy) is 2. The van der Waals surface area contributed by atoms with Crippen LogP contribution in [0.2, 0.25) is 5.02 Å². The molecule has 4 rings (SSSR count). The van der Waals surface area contributed by atoms with Gasteiger partial charge in [-0.1, -0.05) is 29.8 Å². The first-order valence-corrected chi connectivity index (χ1v) is 9.86. The zero-order valence-corrected chi connectivity index (χ0v) is 17.4. The van der Waals surface area contributed by atoms with Crippen LogP contribution >= 0.6 is 11.6 Å². The van der Waals surface area contributed by atoms with Crippen molar-refractivity contribution in [1.29, 1.82) is 0 Å². The second-order valence-corrected chi connectivity index (χ2v) is 7.09. The molecule has 0 amide bonds. The van der Waals surface area contributed by atoms with Crippen molar-refractivity contribution < 1.29 is 22.6 Å². The van der Waals surface area contributed by atoms with Gasteiger partial charge in [-0.15, -0.1) is 13.2 Å². The lowest BCUT2D eigenvalue weighted by molar-refractivity contribution is -0.274. The van der Waals surface area contributed by atoms with Crippen LogP contribution in [0, 0.1) is 0 Å². The molecule has 0 saturated heterocycles. The van der Waals surface area contributed by atoms with Gasteiger partial charge in [0.2, 0.25) is 0 Å².